The molecule has 1 aromatic rings. The zero-order chi connectivity index (χ0) is 15.5. The molecule has 2 heterocycles. The van der Waals surface area contributed by atoms with Gasteiger partial charge in [0, 0.05) is 31.2 Å². The van der Waals surface area contributed by atoms with Crippen molar-refractivity contribution in [3.63, 3.8) is 0 Å². The van der Waals surface area contributed by atoms with Crippen LogP contribution in [0.3, 0.4) is 0 Å². The molecule has 3 rings (SSSR count). The second-order valence-electron chi connectivity index (χ2n) is 6.53. The van der Waals surface area contributed by atoms with Crippen LogP contribution in [0.2, 0.25) is 0 Å². The van der Waals surface area contributed by atoms with Crippen molar-refractivity contribution in [2.75, 3.05) is 24.6 Å². The maximum Gasteiger partial charge on any atom is 0.224 e. The van der Waals surface area contributed by atoms with E-state index in [9.17, 15) is 9.90 Å². The van der Waals surface area contributed by atoms with Crippen LogP contribution in [0.15, 0.2) is 24.3 Å². The molecule has 0 bridgehead atoms. The van der Waals surface area contributed by atoms with Crippen molar-refractivity contribution in [1.29, 1.82) is 0 Å². The number of benzene rings is 1. The number of nitrogens with zero attached hydrogens (tertiary/aromatic N) is 2. The summed E-state index contributed by atoms with van der Waals surface area (Å²) in [5, 5.41) is 9.37. The Labute approximate surface area is 132 Å². The Hall–Kier alpha value is -1.55. The predicted molar refractivity (Wildman–Crippen MR) is 88.0 cm³/mol. The third-order valence-electron chi connectivity index (χ3n) is 5.14. The quantitative estimate of drug-likeness (QED) is 0.927. The van der Waals surface area contributed by atoms with E-state index in [1.807, 2.05) is 4.90 Å². The van der Waals surface area contributed by atoms with Gasteiger partial charge in [-0.15, -0.1) is 0 Å². The molecule has 1 unspecified atom stereocenters. The van der Waals surface area contributed by atoms with Gasteiger partial charge in [0.15, 0.2) is 0 Å². The van der Waals surface area contributed by atoms with Gasteiger partial charge in [0.2, 0.25) is 5.91 Å². The summed E-state index contributed by atoms with van der Waals surface area (Å²) in [4.78, 5) is 16.7. The monoisotopic (exact) mass is 302 g/mol. The molecule has 0 aliphatic carbocycles. The van der Waals surface area contributed by atoms with Crippen molar-refractivity contribution < 1.29 is 9.90 Å². The molecule has 0 saturated carbocycles. The number of carbonyl (C=O) groups excluding carboxylic acids is 1. The van der Waals surface area contributed by atoms with Crippen LogP contribution in [0.4, 0.5) is 5.69 Å². The smallest absolute Gasteiger partial charge is 0.224 e. The van der Waals surface area contributed by atoms with E-state index in [1.165, 1.54) is 11.3 Å². The van der Waals surface area contributed by atoms with E-state index in [2.05, 4.69) is 36.1 Å². The Bertz CT molecular complexity index is 532. The Morgan fingerprint density at radius 3 is 2.95 bits per heavy atom. The molecule has 4 nitrogen and oxygen atoms in total. The molecule has 1 fully saturated rings. The summed E-state index contributed by atoms with van der Waals surface area (Å²) in [5.41, 5.74) is 2.68. The number of fused-ring (bicyclic) bond motifs is 1. The minimum absolute atomic E-state index is 0.0403. The summed E-state index contributed by atoms with van der Waals surface area (Å²) >= 11 is 0. The number of aliphatic hydroxyl groups excluding tert-OH is 1. The third kappa shape index (κ3) is 2.98. The Morgan fingerprint density at radius 1 is 1.32 bits per heavy atom. The molecule has 1 amide bonds. The average molecular weight is 302 g/mol. The molecule has 2 aliphatic heterocycles. The van der Waals surface area contributed by atoms with E-state index >= 15 is 0 Å². The van der Waals surface area contributed by atoms with Crippen molar-refractivity contribution in [3.05, 3.63) is 29.8 Å². The van der Waals surface area contributed by atoms with Gasteiger partial charge in [0.05, 0.1) is 12.6 Å². The second-order valence-corrected chi connectivity index (χ2v) is 6.53. The highest BCUT2D eigenvalue weighted by Crippen LogP contribution is 2.30. The van der Waals surface area contributed by atoms with Crippen molar-refractivity contribution in [2.45, 2.75) is 51.1 Å². The maximum atomic E-state index is 12.5. The molecule has 1 N–H and O–H groups in total. The number of amides is 1. The van der Waals surface area contributed by atoms with Crippen molar-refractivity contribution >= 4 is 11.6 Å². The van der Waals surface area contributed by atoms with Gasteiger partial charge >= 0.3 is 0 Å². The molecule has 0 aromatic heterocycles. The van der Waals surface area contributed by atoms with Crippen LogP contribution in [0.1, 0.15) is 38.2 Å². The zero-order valence-corrected chi connectivity index (χ0v) is 13.4. The summed E-state index contributed by atoms with van der Waals surface area (Å²) in [6.07, 6.45) is 4.76. The van der Waals surface area contributed by atoms with E-state index in [4.69, 9.17) is 0 Å². The number of para-hydroxylation sites is 1. The van der Waals surface area contributed by atoms with Gasteiger partial charge in [-0.25, -0.2) is 0 Å². The number of rotatable bonds is 4. The number of hydrogen-bond acceptors (Lipinski definition) is 3. The molecule has 2 aliphatic rings. The Balaban J connectivity index is 1.65. The fraction of sp³-hybridized carbons (Fsp3) is 0.611. The van der Waals surface area contributed by atoms with E-state index in [0.29, 0.717) is 12.5 Å². The lowest BCUT2D eigenvalue weighted by atomic mass is 9.96. The van der Waals surface area contributed by atoms with Gasteiger partial charge in [-0.3, -0.25) is 4.79 Å². The lowest BCUT2D eigenvalue weighted by molar-refractivity contribution is -0.132. The molecular weight excluding hydrogens is 276 g/mol. The molecule has 0 radical (unpaired) electrons. The van der Waals surface area contributed by atoms with E-state index < -0.39 is 0 Å². The van der Waals surface area contributed by atoms with Gasteiger partial charge in [-0.05, 0) is 44.2 Å². The minimum atomic E-state index is 0.0403. The van der Waals surface area contributed by atoms with E-state index in [-0.39, 0.29) is 18.6 Å². The lowest BCUT2D eigenvalue weighted by Gasteiger charge is -2.37. The second kappa shape index (κ2) is 6.69. The summed E-state index contributed by atoms with van der Waals surface area (Å²) < 4.78 is 0. The molecule has 22 heavy (non-hydrogen) atoms. The van der Waals surface area contributed by atoms with Crippen molar-refractivity contribution in [3.8, 4) is 0 Å². The fourth-order valence-corrected chi connectivity index (χ4v) is 3.81. The summed E-state index contributed by atoms with van der Waals surface area (Å²) in [6, 6.07) is 9.05. The first-order valence-electron chi connectivity index (χ1n) is 8.45. The van der Waals surface area contributed by atoms with Gasteiger partial charge < -0.3 is 14.9 Å². The van der Waals surface area contributed by atoms with E-state index in [0.717, 1.165) is 38.8 Å². The first-order valence-corrected chi connectivity index (χ1v) is 8.45. The average Bonchev–Trinajstić information content (AvgIpc) is 3.02. The zero-order valence-electron chi connectivity index (χ0n) is 13.4. The van der Waals surface area contributed by atoms with Crippen LogP contribution >= 0.6 is 0 Å². The van der Waals surface area contributed by atoms with Gasteiger partial charge in [-0.1, -0.05) is 18.2 Å². The lowest BCUT2D eigenvalue weighted by Crippen LogP contribution is -2.42. The van der Waals surface area contributed by atoms with Crippen LogP contribution in [-0.4, -0.2) is 47.7 Å². The molecule has 2 atom stereocenters. The predicted octanol–water partition coefficient (Wildman–Crippen LogP) is 2.20. The van der Waals surface area contributed by atoms with Crippen molar-refractivity contribution in [2.24, 2.45) is 0 Å². The van der Waals surface area contributed by atoms with Crippen LogP contribution in [0, 0.1) is 0 Å². The van der Waals surface area contributed by atoms with Gasteiger partial charge in [-0.2, -0.15) is 0 Å². The highest BCUT2D eigenvalue weighted by Gasteiger charge is 2.29. The Kier molecular flexibility index (Phi) is 4.67. The molecule has 120 valence electrons. The third-order valence-corrected chi connectivity index (χ3v) is 5.14. The number of hydrogen-bond donors (Lipinski definition) is 1. The van der Waals surface area contributed by atoms with Gasteiger partial charge in [0.1, 0.15) is 0 Å². The SMILES string of the molecule is CC1CCc2ccccc2N1CCC(=O)N1CCC[C@@H]1CO. The summed E-state index contributed by atoms with van der Waals surface area (Å²) in [7, 11) is 0. The molecule has 4 heteroatoms. The first kappa shape index (κ1) is 15.3. The molecule has 1 saturated heterocycles. The summed E-state index contributed by atoms with van der Waals surface area (Å²) in [6.45, 7) is 3.91. The molecule has 0 spiro atoms. The van der Waals surface area contributed by atoms with E-state index in [1.54, 1.807) is 0 Å². The highest BCUT2D eigenvalue weighted by atomic mass is 16.3. The largest absolute Gasteiger partial charge is 0.394 e. The minimum Gasteiger partial charge on any atom is -0.394 e. The van der Waals surface area contributed by atoms with Crippen molar-refractivity contribution in [1.82, 2.24) is 4.90 Å². The number of likely N-dealkylation sites (tertiary alicyclic amines) is 1. The highest BCUT2D eigenvalue weighted by molar-refractivity contribution is 5.77. The molecule has 1 aromatic carbocycles. The number of anilines is 1. The topological polar surface area (TPSA) is 43.8 Å². The Morgan fingerprint density at radius 2 is 2.14 bits per heavy atom. The summed E-state index contributed by atoms with van der Waals surface area (Å²) in [5.74, 6) is 0.187. The maximum absolute atomic E-state index is 12.5. The van der Waals surface area contributed by atoms with Crippen LogP contribution in [0.5, 0.6) is 0 Å². The standard InChI is InChI=1S/C18H26N2O2/c1-14-8-9-15-5-2-3-7-17(15)19(14)12-10-18(22)20-11-4-6-16(20)13-21/h2-3,5,7,14,16,21H,4,6,8-13H2,1H3/t14?,16-/m1/s1. The number of aliphatic hydroxyl groups is 1. The van der Waals surface area contributed by atoms with Crippen LogP contribution in [0.25, 0.3) is 0 Å². The molecular formula is C18H26N2O2. The number of carbonyl (C=O) groups is 1. The van der Waals surface area contributed by atoms with Gasteiger partial charge in [0.25, 0.3) is 0 Å². The number of aryl methyl sites for hydroxylation is 1. The van der Waals surface area contributed by atoms with Crippen LogP contribution < -0.4 is 4.90 Å². The first-order chi connectivity index (χ1) is 10.7. The normalized spacial score (nSPS) is 24.5. The van der Waals surface area contributed by atoms with Crippen LogP contribution in [-0.2, 0) is 11.2 Å². The fourth-order valence-electron chi connectivity index (χ4n) is 3.81.